The molecule has 0 saturated heterocycles. The fourth-order valence-electron chi connectivity index (χ4n) is 3.12. The molecule has 0 unspecified atom stereocenters. The first kappa shape index (κ1) is 24.3. The molecule has 4 rings (SSSR count). The minimum absolute atomic E-state index is 0.131. The van der Waals surface area contributed by atoms with Crippen molar-refractivity contribution in [2.75, 3.05) is 16.4 Å². The Bertz CT molecular complexity index is 1330. The molecule has 0 spiro atoms. The van der Waals surface area contributed by atoms with Crippen LogP contribution >= 0.6 is 46.3 Å². The van der Waals surface area contributed by atoms with Crippen LogP contribution in [0.25, 0.3) is 11.3 Å². The summed E-state index contributed by atoms with van der Waals surface area (Å²) in [5.41, 5.74) is 2.87. The lowest BCUT2D eigenvalue weighted by molar-refractivity contribution is -0.113. The van der Waals surface area contributed by atoms with Crippen molar-refractivity contribution in [2.24, 2.45) is 0 Å². The fourth-order valence-corrected chi connectivity index (χ4v) is 5.17. The maximum atomic E-state index is 12.4. The Morgan fingerprint density at radius 2 is 1.71 bits per heavy atom. The number of hydrogen-bond acceptors (Lipinski definition) is 5. The van der Waals surface area contributed by atoms with Crippen LogP contribution in [0.15, 0.2) is 77.7 Å². The number of amides is 2. The van der Waals surface area contributed by atoms with Crippen molar-refractivity contribution >= 4 is 68.9 Å². The lowest BCUT2D eigenvalue weighted by Gasteiger charge is -2.08. The smallest absolute Gasteiger partial charge is 0.257 e. The molecular weight excluding hydrogens is 509 g/mol. The Hall–Kier alpha value is -2.84. The molecule has 5 nitrogen and oxygen atoms in total. The minimum Gasteiger partial charge on any atom is -0.322 e. The average Bonchev–Trinajstić information content (AvgIpc) is 3.18. The van der Waals surface area contributed by atoms with E-state index < -0.39 is 0 Å². The molecule has 0 aliphatic rings. The number of rotatable bonds is 7. The van der Waals surface area contributed by atoms with Crippen molar-refractivity contribution in [3.8, 4) is 11.3 Å². The van der Waals surface area contributed by atoms with Gasteiger partial charge >= 0.3 is 0 Å². The third kappa shape index (κ3) is 6.18. The van der Waals surface area contributed by atoms with Crippen LogP contribution in [-0.2, 0) is 4.79 Å². The molecule has 4 aromatic rings. The quantitative estimate of drug-likeness (QED) is 0.245. The van der Waals surface area contributed by atoms with Crippen LogP contribution < -0.4 is 10.6 Å². The number of carbonyl (C=O) groups is 2. The van der Waals surface area contributed by atoms with E-state index in [1.165, 1.54) is 29.2 Å². The fraction of sp³-hybridized carbons (Fsp3) is 0.0800. The van der Waals surface area contributed by atoms with Gasteiger partial charge in [-0.3, -0.25) is 9.59 Å². The lowest BCUT2D eigenvalue weighted by atomic mass is 10.1. The highest BCUT2D eigenvalue weighted by atomic mass is 35.5. The first-order chi connectivity index (χ1) is 16.4. The van der Waals surface area contributed by atoms with E-state index in [1.54, 1.807) is 24.3 Å². The van der Waals surface area contributed by atoms with Crippen LogP contribution in [0.4, 0.5) is 10.8 Å². The Kier molecular flexibility index (Phi) is 7.90. The van der Waals surface area contributed by atoms with Crippen LogP contribution in [0.1, 0.15) is 15.2 Å². The van der Waals surface area contributed by atoms with Crippen molar-refractivity contribution in [1.82, 2.24) is 4.98 Å². The van der Waals surface area contributed by atoms with Crippen molar-refractivity contribution in [3.63, 3.8) is 0 Å². The second-order valence-electron chi connectivity index (χ2n) is 7.23. The molecule has 1 heterocycles. The topological polar surface area (TPSA) is 71.1 Å². The summed E-state index contributed by atoms with van der Waals surface area (Å²) in [4.78, 5) is 31.4. The molecule has 0 aliphatic heterocycles. The number of nitrogens with one attached hydrogen (secondary N) is 2. The predicted molar refractivity (Wildman–Crippen MR) is 142 cm³/mol. The summed E-state index contributed by atoms with van der Waals surface area (Å²) in [6.07, 6.45) is 0. The highest BCUT2D eigenvalue weighted by Crippen LogP contribution is 2.30. The normalized spacial score (nSPS) is 10.7. The van der Waals surface area contributed by atoms with Gasteiger partial charge in [-0.2, -0.15) is 0 Å². The number of benzene rings is 3. The Balaban J connectivity index is 1.30. The summed E-state index contributed by atoms with van der Waals surface area (Å²) in [7, 11) is 0. The number of nitrogens with zero attached hydrogens (tertiary/aromatic N) is 1. The van der Waals surface area contributed by atoms with Crippen LogP contribution in [0.3, 0.4) is 0 Å². The van der Waals surface area contributed by atoms with Crippen LogP contribution in [0.5, 0.6) is 0 Å². The second-order valence-corrected chi connectivity index (χ2v) is 10.3. The highest BCUT2D eigenvalue weighted by molar-refractivity contribution is 8.00. The van der Waals surface area contributed by atoms with Crippen LogP contribution in [0.2, 0.25) is 10.0 Å². The molecule has 172 valence electrons. The maximum Gasteiger partial charge on any atom is 0.257 e. The van der Waals surface area contributed by atoms with Gasteiger partial charge in [-0.1, -0.05) is 53.5 Å². The third-order valence-corrected chi connectivity index (χ3v) is 7.19. The summed E-state index contributed by atoms with van der Waals surface area (Å²) in [5.74, 6) is -0.214. The SMILES string of the molecule is Cc1sc(NC(=O)CSc2ccc(NC(=O)c3ccc(Cl)cc3Cl)cc2)nc1-c1ccccc1. The number of anilines is 2. The Morgan fingerprint density at radius 1 is 0.971 bits per heavy atom. The summed E-state index contributed by atoms with van der Waals surface area (Å²) >= 11 is 14.8. The van der Waals surface area contributed by atoms with Gasteiger partial charge in [0.05, 0.1) is 22.0 Å². The molecule has 3 aromatic carbocycles. The number of carbonyl (C=O) groups excluding carboxylic acids is 2. The molecule has 0 aliphatic carbocycles. The molecule has 0 saturated carbocycles. The summed E-state index contributed by atoms with van der Waals surface area (Å²) < 4.78 is 0. The standard InChI is InChI=1S/C25H19Cl2N3O2S2/c1-15-23(16-5-3-2-4-6-16)30-25(34-15)29-22(31)14-33-19-10-8-18(9-11-19)28-24(32)20-12-7-17(26)13-21(20)27/h2-13H,14H2,1H3,(H,28,32)(H,29,30,31). The van der Waals surface area contributed by atoms with E-state index in [0.29, 0.717) is 21.4 Å². The van der Waals surface area contributed by atoms with E-state index in [9.17, 15) is 9.59 Å². The van der Waals surface area contributed by atoms with Gasteiger partial charge in [-0.05, 0) is 49.4 Å². The first-order valence-electron chi connectivity index (χ1n) is 10.2. The monoisotopic (exact) mass is 527 g/mol. The molecule has 34 heavy (non-hydrogen) atoms. The van der Waals surface area contributed by atoms with E-state index in [-0.39, 0.29) is 22.6 Å². The predicted octanol–water partition coefficient (Wildman–Crippen LogP) is 7.41. The van der Waals surface area contributed by atoms with E-state index in [2.05, 4.69) is 15.6 Å². The zero-order chi connectivity index (χ0) is 24.1. The zero-order valence-electron chi connectivity index (χ0n) is 18.0. The summed E-state index contributed by atoms with van der Waals surface area (Å²) in [5, 5.41) is 7.02. The van der Waals surface area contributed by atoms with Crippen molar-refractivity contribution < 1.29 is 9.59 Å². The van der Waals surface area contributed by atoms with Gasteiger partial charge in [0.1, 0.15) is 0 Å². The third-order valence-electron chi connectivity index (χ3n) is 4.75. The molecule has 9 heteroatoms. The van der Waals surface area contributed by atoms with Gasteiger partial charge in [-0.25, -0.2) is 4.98 Å². The molecule has 0 fully saturated rings. The molecule has 2 amide bonds. The van der Waals surface area contributed by atoms with Gasteiger partial charge in [0.25, 0.3) is 5.91 Å². The molecule has 1 aromatic heterocycles. The summed E-state index contributed by atoms with van der Waals surface area (Å²) in [6, 6.07) is 21.8. The summed E-state index contributed by atoms with van der Waals surface area (Å²) in [6.45, 7) is 1.99. The minimum atomic E-state index is -0.324. The van der Waals surface area contributed by atoms with Gasteiger partial charge in [0, 0.05) is 26.0 Å². The van der Waals surface area contributed by atoms with E-state index >= 15 is 0 Å². The number of aryl methyl sites for hydroxylation is 1. The number of thioether (sulfide) groups is 1. The van der Waals surface area contributed by atoms with Crippen LogP contribution in [0, 0.1) is 6.92 Å². The van der Waals surface area contributed by atoms with E-state index in [1.807, 2.05) is 49.4 Å². The number of aromatic nitrogens is 1. The van der Waals surface area contributed by atoms with Crippen molar-refractivity contribution in [1.29, 1.82) is 0 Å². The van der Waals surface area contributed by atoms with Crippen molar-refractivity contribution in [3.05, 3.63) is 93.3 Å². The molecule has 2 N–H and O–H groups in total. The van der Waals surface area contributed by atoms with Gasteiger partial charge in [-0.15, -0.1) is 23.1 Å². The molecule has 0 atom stereocenters. The van der Waals surface area contributed by atoms with Gasteiger partial charge in [0.15, 0.2) is 5.13 Å². The zero-order valence-corrected chi connectivity index (χ0v) is 21.1. The Labute approximate surface area is 215 Å². The molecule has 0 bridgehead atoms. The van der Waals surface area contributed by atoms with Gasteiger partial charge < -0.3 is 10.6 Å². The molecule has 0 radical (unpaired) electrons. The number of thiazole rings is 1. The largest absolute Gasteiger partial charge is 0.322 e. The number of hydrogen-bond donors (Lipinski definition) is 2. The second kappa shape index (κ2) is 11.1. The number of halogens is 2. The molecular formula is C25H19Cl2N3O2S2. The first-order valence-corrected chi connectivity index (χ1v) is 12.8. The van der Waals surface area contributed by atoms with E-state index in [4.69, 9.17) is 23.2 Å². The highest BCUT2D eigenvalue weighted by Gasteiger charge is 2.13. The maximum absolute atomic E-state index is 12.4. The van der Waals surface area contributed by atoms with Crippen LogP contribution in [-0.4, -0.2) is 22.6 Å². The average molecular weight is 528 g/mol. The Morgan fingerprint density at radius 3 is 2.41 bits per heavy atom. The van der Waals surface area contributed by atoms with E-state index in [0.717, 1.165) is 21.0 Å². The van der Waals surface area contributed by atoms with Crippen molar-refractivity contribution in [2.45, 2.75) is 11.8 Å². The van der Waals surface area contributed by atoms with Gasteiger partial charge in [0.2, 0.25) is 5.91 Å². The lowest BCUT2D eigenvalue weighted by Crippen LogP contribution is -2.14.